The summed E-state index contributed by atoms with van der Waals surface area (Å²) in [5.74, 6) is 0.853. The molecule has 0 amide bonds. The molecule has 2 fully saturated rings. The lowest BCUT2D eigenvalue weighted by molar-refractivity contribution is 0.578. The summed E-state index contributed by atoms with van der Waals surface area (Å²) < 4.78 is 0. The highest BCUT2D eigenvalue weighted by atomic mass is 15.2. The Bertz CT molecular complexity index is 346. The minimum atomic E-state index is 0.703. The van der Waals surface area contributed by atoms with Gasteiger partial charge in [0.15, 0.2) is 0 Å². The minimum Gasteiger partial charge on any atom is -0.366 e. The van der Waals surface area contributed by atoms with Crippen LogP contribution in [0.25, 0.3) is 0 Å². The molecule has 2 atom stereocenters. The second kappa shape index (κ2) is 3.49. The summed E-state index contributed by atoms with van der Waals surface area (Å²) in [4.78, 5) is 6.89. The molecule has 2 aliphatic rings. The van der Waals surface area contributed by atoms with Crippen molar-refractivity contribution in [1.82, 2.24) is 10.3 Å². The van der Waals surface area contributed by atoms with Crippen molar-refractivity contribution >= 4 is 5.69 Å². The summed E-state index contributed by atoms with van der Waals surface area (Å²) >= 11 is 0. The van der Waals surface area contributed by atoms with Gasteiger partial charge in [0, 0.05) is 31.4 Å². The van der Waals surface area contributed by atoms with E-state index < -0.39 is 0 Å². The molecule has 0 spiro atoms. The molecule has 15 heavy (non-hydrogen) atoms. The first-order valence-electron chi connectivity index (χ1n) is 5.74. The van der Waals surface area contributed by atoms with Crippen LogP contribution in [-0.2, 0) is 0 Å². The lowest BCUT2D eigenvalue weighted by Crippen LogP contribution is -2.34. The molecule has 1 aromatic heterocycles. The molecule has 2 aliphatic heterocycles. The van der Waals surface area contributed by atoms with Gasteiger partial charge in [-0.3, -0.25) is 4.98 Å². The Hall–Kier alpha value is -1.09. The van der Waals surface area contributed by atoms with E-state index in [-0.39, 0.29) is 0 Å². The average Bonchev–Trinajstić information content (AvgIpc) is 2.80. The zero-order valence-corrected chi connectivity index (χ0v) is 9.11. The van der Waals surface area contributed by atoms with Crippen LogP contribution in [0.4, 0.5) is 5.69 Å². The quantitative estimate of drug-likeness (QED) is 0.743. The summed E-state index contributed by atoms with van der Waals surface area (Å²) in [6.07, 6.45) is 3.33. The van der Waals surface area contributed by atoms with E-state index in [9.17, 15) is 0 Å². The van der Waals surface area contributed by atoms with E-state index in [1.807, 2.05) is 13.1 Å². The summed E-state index contributed by atoms with van der Waals surface area (Å²) in [5.41, 5.74) is 2.39. The summed E-state index contributed by atoms with van der Waals surface area (Å²) in [6.45, 7) is 5.56. The molecule has 1 aromatic rings. The number of hydrogen-bond acceptors (Lipinski definition) is 3. The third-order valence-corrected chi connectivity index (χ3v) is 3.67. The van der Waals surface area contributed by atoms with E-state index in [1.54, 1.807) is 0 Å². The number of nitrogens with zero attached hydrogens (tertiary/aromatic N) is 2. The van der Waals surface area contributed by atoms with Crippen molar-refractivity contribution in [1.29, 1.82) is 0 Å². The lowest BCUT2D eigenvalue weighted by atomic mass is 10.1. The fourth-order valence-electron chi connectivity index (χ4n) is 2.80. The SMILES string of the molecule is Cc1ccc(N2CC[C@@H]3CNC[C@@H]32)cn1. The van der Waals surface area contributed by atoms with E-state index in [2.05, 4.69) is 27.3 Å². The summed E-state index contributed by atoms with van der Waals surface area (Å²) in [5, 5.41) is 3.47. The molecule has 0 aromatic carbocycles. The molecular weight excluding hydrogens is 186 g/mol. The Morgan fingerprint density at radius 3 is 3.13 bits per heavy atom. The Labute approximate surface area is 90.5 Å². The third kappa shape index (κ3) is 1.51. The second-order valence-corrected chi connectivity index (χ2v) is 4.63. The Morgan fingerprint density at radius 1 is 1.40 bits per heavy atom. The molecule has 1 N–H and O–H groups in total. The van der Waals surface area contributed by atoms with Crippen LogP contribution < -0.4 is 10.2 Å². The van der Waals surface area contributed by atoms with Gasteiger partial charge in [-0.25, -0.2) is 0 Å². The number of pyridine rings is 1. The van der Waals surface area contributed by atoms with Crippen molar-refractivity contribution in [3.63, 3.8) is 0 Å². The molecule has 3 heteroatoms. The third-order valence-electron chi connectivity index (χ3n) is 3.67. The summed E-state index contributed by atoms with van der Waals surface area (Å²) in [6, 6.07) is 5.00. The van der Waals surface area contributed by atoms with Gasteiger partial charge < -0.3 is 10.2 Å². The Balaban J connectivity index is 1.85. The first-order valence-corrected chi connectivity index (χ1v) is 5.74. The van der Waals surface area contributed by atoms with Gasteiger partial charge in [0.25, 0.3) is 0 Å². The van der Waals surface area contributed by atoms with Crippen molar-refractivity contribution in [2.75, 3.05) is 24.5 Å². The van der Waals surface area contributed by atoms with Gasteiger partial charge in [0.05, 0.1) is 11.9 Å². The maximum Gasteiger partial charge on any atom is 0.0556 e. The van der Waals surface area contributed by atoms with Crippen molar-refractivity contribution in [3.8, 4) is 0 Å². The Kier molecular flexibility index (Phi) is 2.13. The van der Waals surface area contributed by atoms with Crippen molar-refractivity contribution in [3.05, 3.63) is 24.0 Å². The van der Waals surface area contributed by atoms with Crippen molar-refractivity contribution in [2.45, 2.75) is 19.4 Å². The number of aromatic nitrogens is 1. The molecule has 0 radical (unpaired) electrons. The number of fused-ring (bicyclic) bond motifs is 1. The van der Waals surface area contributed by atoms with E-state index in [1.165, 1.54) is 25.2 Å². The molecule has 0 bridgehead atoms. The Morgan fingerprint density at radius 2 is 2.33 bits per heavy atom. The maximum atomic E-state index is 4.38. The van der Waals surface area contributed by atoms with Crippen LogP contribution in [0, 0.1) is 12.8 Å². The molecular formula is C12H17N3. The van der Waals surface area contributed by atoms with Crippen LogP contribution >= 0.6 is 0 Å². The smallest absolute Gasteiger partial charge is 0.0556 e. The molecule has 0 unspecified atom stereocenters. The van der Waals surface area contributed by atoms with E-state index in [4.69, 9.17) is 0 Å². The van der Waals surface area contributed by atoms with Crippen LogP contribution in [0.3, 0.4) is 0 Å². The standard InChI is InChI=1S/C12H17N3/c1-9-2-3-11(7-14-9)15-5-4-10-6-13-8-12(10)15/h2-3,7,10,12-13H,4-6,8H2,1H3/t10-,12+/m1/s1. The number of aryl methyl sites for hydroxylation is 1. The molecule has 0 saturated carbocycles. The van der Waals surface area contributed by atoms with Gasteiger partial charge in [-0.2, -0.15) is 0 Å². The zero-order valence-electron chi connectivity index (χ0n) is 9.11. The van der Waals surface area contributed by atoms with Gasteiger partial charge in [-0.1, -0.05) is 0 Å². The lowest BCUT2D eigenvalue weighted by Gasteiger charge is -2.25. The second-order valence-electron chi connectivity index (χ2n) is 4.63. The van der Waals surface area contributed by atoms with Crippen LogP contribution in [0.5, 0.6) is 0 Å². The van der Waals surface area contributed by atoms with Gasteiger partial charge in [0.1, 0.15) is 0 Å². The topological polar surface area (TPSA) is 28.2 Å². The van der Waals surface area contributed by atoms with Crippen molar-refractivity contribution < 1.29 is 0 Å². The summed E-state index contributed by atoms with van der Waals surface area (Å²) in [7, 11) is 0. The van der Waals surface area contributed by atoms with Gasteiger partial charge in [0.2, 0.25) is 0 Å². The van der Waals surface area contributed by atoms with Gasteiger partial charge >= 0.3 is 0 Å². The largest absolute Gasteiger partial charge is 0.366 e. The maximum absolute atomic E-state index is 4.38. The molecule has 80 valence electrons. The highest BCUT2D eigenvalue weighted by Crippen LogP contribution is 2.31. The van der Waals surface area contributed by atoms with E-state index >= 15 is 0 Å². The fourth-order valence-corrected chi connectivity index (χ4v) is 2.80. The molecule has 3 heterocycles. The van der Waals surface area contributed by atoms with Crippen LogP contribution in [0.2, 0.25) is 0 Å². The minimum absolute atomic E-state index is 0.703. The molecule has 2 saturated heterocycles. The molecule has 3 nitrogen and oxygen atoms in total. The van der Waals surface area contributed by atoms with Crippen LogP contribution in [-0.4, -0.2) is 30.7 Å². The van der Waals surface area contributed by atoms with Gasteiger partial charge in [-0.05, 0) is 31.4 Å². The number of hydrogen-bond donors (Lipinski definition) is 1. The molecule has 3 rings (SSSR count). The molecule has 0 aliphatic carbocycles. The predicted molar refractivity (Wildman–Crippen MR) is 61.1 cm³/mol. The fraction of sp³-hybridized carbons (Fsp3) is 0.583. The number of nitrogens with one attached hydrogen (secondary N) is 1. The van der Waals surface area contributed by atoms with Crippen LogP contribution in [0.1, 0.15) is 12.1 Å². The number of anilines is 1. The normalized spacial score (nSPS) is 29.5. The van der Waals surface area contributed by atoms with E-state index in [0.717, 1.165) is 18.2 Å². The highest BCUT2D eigenvalue weighted by molar-refractivity contribution is 5.47. The zero-order chi connectivity index (χ0) is 10.3. The predicted octanol–water partition coefficient (Wildman–Crippen LogP) is 1.19. The van der Waals surface area contributed by atoms with Crippen LogP contribution in [0.15, 0.2) is 18.3 Å². The van der Waals surface area contributed by atoms with Gasteiger partial charge in [-0.15, -0.1) is 0 Å². The monoisotopic (exact) mass is 203 g/mol. The first kappa shape index (κ1) is 9.16. The highest BCUT2D eigenvalue weighted by Gasteiger charge is 2.37. The van der Waals surface area contributed by atoms with E-state index in [0.29, 0.717) is 6.04 Å². The van der Waals surface area contributed by atoms with Crippen molar-refractivity contribution in [2.24, 2.45) is 5.92 Å². The number of rotatable bonds is 1. The average molecular weight is 203 g/mol. The first-order chi connectivity index (χ1) is 7.34.